The molecular weight excluding hydrogens is 585 g/mol. The number of nitrogens with one attached hydrogen (secondary N) is 2. The number of thioether (sulfide) groups is 2. The first-order chi connectivity index (χ1) is 21.1. The number of carbonyl (C=O) groups excluding carboxylic acids is 2. The first kappa shape index (κ1) is 27.2. The maximum absolute atomic E-state index is 14.1. The van der Waals surface area contributed by atoms with Gasteiger partial charge in [-0.15, -0.1) is 16.9 Å². The largest absolute Gasteiger partial charge is 0.448 e. The molecule has 1 fully saturated rings. The quantitative estimate of drug-likeness (QED) is 0.143. The number of para-hydroxylation sites is 2. The molecule has 13 heteroatoms. The number of H-pyrrole nitrogens is 1. The third-order valence-electron chi connectivity index (χ3n) is 7.31. The number of hydrogen-bond acceptors (Lipinski definition) is 10. The summed E-state index contributed by atoms with van der Waals surface area (Å²) in [6.07, 6.45) is -0.645. The van der Waals surface area contributed by atoms with E-state index in [1.165, 1.54) is 11.8 Å². The Balaban J connectivity index is 1.19. The van der Waals surface area contributed by atoms with Gasteiger partial charge >= 0.3 is 5.97 Å². The SMILES string of the molecule is Cn1nnnc1SCC1=C(C(=O)OC(c2ccccc2)c2ccccc2)N2C(=O)[C@@H](Nc3nc4ccccc4[nH]3)[C@H]2SC1. The number of benzene rings is 3. The number of aromatic nitrogens is 6. The molecule has 0 spiro atoms. The number of hydrogen-bond donors (Lipinski definition) is 2. The van der Waals surface area contributed by atoms with Crippen molar-refractivity contribution in [2.75, 3.05) is 16.8 Å². The Morgan fingerprint density at radius 2 is 1.77 bits per heavy atom. The van der Waals surface area contributed by atoms with Crippen LogP contribution in [0.25, 0.3) is 11.0 Å². The van der Waals surface area contributed by atoms with Crippen molar-refractivity contribution in [1.29, 1.82) is 0 Å². The lowest BCUT2D eigenvalue weighted by atomic mass is 10.0. The predicted octanol–water partition coefficient (Wildman–Crippen LogP) is 4.16. The van der Waals surface area contributed by atoms with Crippen LogP contribution in [-0.4, -0.2) is 69.9 Å². The van der Waals surface area contributed by atoms with Crippen molar-refractivity contribution >= 4 is 52.4 Å². The van der Waals surface area contributed by atoms with Crippen LogP contribution in [0.2, 0.25) is 0 Å². The molecule has 2 aliphatic heterocycles. The predicted molar refractivity (Wildman–Crippen MR) is 164 cm³/mol. The van der Waals surface area contributed by atoms with Crippen LogP contribution >= 0.6 is 23.5 Å². The van der Waals surface area contributed by atoms with Gasteiger partial charge in [0.25, 0.3) is 5.91 Å². The van der Waals surface area contributed by atoms with Gasteiger partial charge in [-0.3, -0.25) is 9.69 Å². The highest BCUT2D eigenvalue weighted by atomic mass is 32.2. The number of tetrazole rings is 1. The number of anilines is 1. The number of β-lactam (4-membered cyclic amide) rings is 1. The molecule has 216 valence electrons. The fourth-order valence-electron chi connectivity index (χ4n) is 5.19. The first-order valence-electron chi connectivity index (χ1n) is 13.6. The lowest BCUT2D eigenvalue weighted by Crippen LogP contribution is -2.67. The van der Waals surface area contributed by atoms with E-state index in [1.54, 1.807) is 28.4 Å². The third kappa shape index (κ3) is 5.25. The van der Waals surface area contributed by atoms with Gasteiger partial charge in [-0.2, -0.15) is 0 Å². The van der Waals surface area contributed by atoms with Crippen LogP contribution in [0.1, 0.15) is 17.2 Å². The van der Waals surface area contributed by atoms with Gasteiger partial charge in [0, 0.05) is 18.6 Å². The number of rotatable bonds is 9. The second-order valence-electron chi connectivity index (χ2n) is 10.1. The summed E-state index contributed by atoms with van der Waals surface area (Å²) in [5.41, 5.74) is 4.42. The Labute approximate surface area is 255 Å². The Hall–Kier alpha value is -4.62. The van der Waals surface area contributed by atoms with Gasteiger partial charge < -0.3 is 15.0 Å². The Morgan fingerprint density at radius 1 is 1.07 bits per heavy atom. The zero-order valence-electron chi connectivity index (χ0n) is 23.0. The first-order valence-corrected chi connectivity index (χ1v) is 15.6. The molecule has 2 aliphatic rings. The van der Waals surface area contributed by atoms with Crippen LogP contribution in [0, 0.1) is 0 Å². The Bertz CT molecular complexity index is 1750. The normalized spacial score (nSPS) is 18.1. The van der Waals surface area contributed by atoms with E-state index in [4.69, 9.17) is 4.74 Å². The lowest BCUT2D eigenvalue weighted by molar-refractivity contribution is -0.152. The monoisotopic (exact) mass is 610 g/mol. The van der Waals surface area contributed by atoms with E-state index in [1.807, 2.05) is 84.9 Å². The summed E-state index contributed by atoms with van der Waals surface area (Å²) in [7, 11) is 1.76. The standard InChI is InChI=1S/C30H26N8O3S2/c1-37-30(34-35-36-37)43-17-20-16-42-27-23(33-29-31-21-14-8-9-15-22(21)32-29)26(39)38(27)24(20)28(40)41-25(18-10-4-2-5-11-18)19-12-6-3-7-13-19/h2-15,23,25,27H,16-17H2,1H3,(H2,31,32,33)/t23-,27-/m1/s1. The topological polar surface area (TPSA) is 131 Å². The van der Waals surface area contributed by atoms with Crippen molar-refractivity contribution in [3.05, 3.63) is 107 Å². The average molecular weight is 611 g/mol. The number of amides is 1. The zero-order chi connectivity index (χ0) is 29.3. The molecule has 0 saturated carbocycles. The molecule has 2 aromatic heterocycles. The Morgan fingerprint density at radius 3 is 2.44 bits per heavy atom. The molecule has 7 rings (SSSR count). The van der Waals surface area contributed by atoms with Crippen molar-refractivity contribution in [3.63, 3.8) is 0 Å². The van der Waals surface area contributed by atoms with Crippen molar-refractivity contribution < 1.29 is 14.3 Å². The fraction of sp³-hybridized carbons (Fsp3) is 0.200. The van der Waals surface area contributed by atoms with Gasteiger partial charge in [-0.25, -0.2) is 14.5 Å². The van der Waals surface area contributed by atoms with Crippen LogP contribution in [-0.2, 0) is 21.4 Å². The highest BCUT2D eigenvalue weighted by Crippen LogP contribution is 2.43. The number of nitrogens with zero attached hydrogens (tertiary/aromatic N) is 6. The molecular formula is C30H26N8O3S2. The van der Waals surface area contributed by atoms with Crippen LogP contribution < -0.4 is 5.32 Å². The molecule has 5 aromatic rings. The van der Waals surface area contributed by atoms with E-state index in [-0.39, 0.29) is 17.0 Å². The minimum Gasteiger partial charge on any atom is -0.448 e. The number of imidazole rings is 1. The number of carbonyl (C=O) groups is 2. The highest BCUT2D eigenvalue weighted by Gasteiger charge is 2.54. The number of aryl methyl sites for hydroxylation is 1. The van der Waals surface area contributed by atoms with Crippen LogP contribution in [0.15, 0.2) is 101 Å². The van der Waals surface area contributed by atoms with Crippen LogP contribution in [0.5, 0.6) is 0 Å². The summed E-state index contributed by atoms with van der Waals surface area (Å²) in [5.74, 6) is 0.702. The van der Waals surface area contributed by atoms with E-state index in [2.05, 4.69) is 30.8 Å². The summed E-state index contributed by atoms with van der Waals surface area (Å²) in [6, 6.07) is 26.3. The smallest absolute Gasteiger partial charge is 0.356 e. The summed E-state index contributed by atoms with van der Waals surface area (Å²) in [5, 5.41) is 15.2. The molecule has 0 radical (unpaired) electrons. The van der Waals surface area contributed by atoms with Gasteiger partial charge in [0.1, 0.15) is 17.1 Å². The van der Waals surface area contributed by atoms with E-state index in [0.717, 1.165) is 27.7 Å². The molecule has 0 bridgehead atoms. The van der Waals surface area contributed by atoms with E-state index >= 15 is 0 Å². The maximum atomic E-state index is 14.1. The van der Waals surface area contributed by atoms with Crippen LogP contribution in [0.4, 0.5) is 5.95 Å². The minimum absolute atomic E-state index is 0.219. The van der Waals surface area contributed by atoms with Gasteiger partial charge in [-0.05, 0) is 39.3 Å². The summed E-state index contributed by atoms with van der Waals surface area (Å²) in [4.78, 5) is 37.2. The van der Waals surface area contributed by atoms with E-state index in [0.29, 0.717) is 22.6 Å². The Kier molecular flexibility index (Phi) is 7.33. The molecule has 1 amide bonds. The molecule has 3 aromatic carbocycles. The zero-order valence-corrected chi connectivity index (χ0v) is 24.6. The molecule has 0 aliphatic carbocycles. The van der Waals surface area contributed by atoms with E-state index < -0.39 is 18.1 Å². The van der Waals surface area contributed by atoms with Crippen molar-refractivity contribution in [2.45, 2.75) is 22.7 Å². The van der Waals surface area contributed by atoms with Gasteiger partial charge in [0.15, 0.2) is 6.10 Å². The van der Waals surface area contributed by atoms with Crippen LogP contribution in [0.3, 0.4) is 0 Å². The lowest BCUT2D eigenvalue weighted by Gasteiger charge is -2.49. The maximum Gasteiger partial charge on any atom is 0.356 e. The number of esters is 1. The van der Waals surface area contributed by atoms with Crippen molar-refractivity contribution in [3.8, 4) is 0 Å². The summed E-state index contributed by atoms with van der Waals surface area (Å²) in [6.45, 7) is 0. The second kappa shape index (κ2) is 11.6. The molecule has 11 nitrogen and oxygen atoms in total. The second-order valence-corrected chi connectivity index (χ2v) is 12.1. The molecule has 4 heterocycles. The van der Waals surface area contributed by atoms with Gasteiger partial charge in [0.2, 0.25) is 11.1 Å². The third-order valence-corrected chi connectivity index (χ3v) is 9.74. The molecule has 0 unspecified atom stereocenters. The fourth-order valence-corrected chi connectivity index (χ4v) is 7.53. The van der Waals surface area contributed by atoms with Gasteiger partial charge in [0.05, 0.1) is 11.0 Å². The molecule has 2 atom stereocenters. The minimum atomic E-state index is -0.645. The molecule has 1 saturated heterocycles. The van der Waals surface area contributed by atoms with E-state index in [9.17, 15) is 9.59 Å². The summed E-state index contributed by atoms with van der Waals surface area (Å²) < 4.78 is 7.83. The number of ether oxygens (including phenoxy) is 1. The average Bonchev–Trinajstić information content (AvgIpc) is 3.66. The number of fused-ring (bicyclic) bond motifs is 2. The van der Waals surface area contributed by atoms with Crippen molar-refractivity contribution in [1.82, 2.24) is 35.1 Å². The van der Waals surface area contributed by atoms with Crippen molar-refractivity contribution in [2.24, 2.45) is 7.05 Å². The highest BCUT2D eigenvalue weighted by molar-refractivity contribution is 8.01. The summed E-state index contributed by atoms with van der Waals surface area (Å²) >= 11 is 3.00. The molecule has 43 heavy (non-hydrogen) atoms. The van der Waals surface area contributed by atoms with Gasteiger partial charge in [-0.1, -0.05) is 84.6 Å². The molecule has 2 N–H and O–H groups in total. The number of aromatic amines is 1.